The van der Waals surface area contributed by atoms with Gasteiger partial charge in [-0.1, -0.05) is 17.7 Å². The summed E-state index contributed by atoms with van der Waals surface area (Å²) in [6.07, 6.45) is 0. The van der Waals surface area contributed by atoms with Gasteiger partial charge in [0, 0.05) is 48.4 Å². The van der Waals surface area contributed by atoms with Crippen molar-refractivity contribution in [1.82, 2.24) is 9.36 Å². The fourth-order valence-electron chi connectivity index (χ4n) is 2.34. The van der Waals surface area contributed by atoms with Crippen LogP contribution in [0.4, 0.5) is 16.6 Å². The summed E-state index contributed by atoms with van der Waals surface area (Å²) in [4.78, 5) is 19.7. The monoisotopic (exact) mass is 323 g/mol. The predicted octanol–water partition coefficient (Wildman–Crippen LogP) is 1.46. The number of rotatable bonds is 2. The maximum absolute atomic E-state index is 11.8. The number of anilines is 3. The zero-order valence-electron chi connectivity index (χ0n) is 11.2. The molecule has 2 aromatic rings. The van der Waals surface area contributed by atoms with Crippen molar-refractivity contribution in [3.8, 4) is 0 Å². The van der Waals surface area contributed by atoms with Gasteiger partial charge in [-0.2, -0.15) is 9.36 Å². The fourth-order valence-corrected chi connectivity index (χ4v) is 3.02. The first-order valence-corrected chi connectivity index (χ1v) is 7.67. The van der Waals surface area contributed by atoms with Crippen LogP contribution >= 0.6 is 23.1 Å². The van der Waals surface area contributed by atoms with E-state index in [0.717, 1.165) is 35.3 Å². The van der Waals surface area contributed by atoms with Crippen LogP contribution in [-0.4, -0.2) is 35.5 Å². The van der Waals surface area contributed by atoms with Crippen LogP contribution in [0.1, 0.15) is 0 Å². The molecule has 0 radical (unpaired) electrons. The third-order valence-electron chi connectivity index (χ3n) is 3.38. The maximum atomic E-state index is 11.8. The number of nitrogen functional groups attached to an aromatic ring is 1. The minimum atomic E-state index is -0.359. The van der Waals surface area contributed by atoms with Crippen LogP contribution in [0.3, 0.4) is 0 Å². The molecule has 3 rings (SSSR count). The molecule has 0 amide bonds. The molecule has 0 bridgehead atoms. The first-order valence-electron chi connectivity index (χ1n) is 6.52. The van der Waals surface area contributed by atoms with Crippen LogP contribution in [-0.2, 0) is 0 Å². The molecule has 0 aliphatic carbocycles. The topological polar surface area (TPSA) is 75.3 Å². The molecule has 0 unspecified atom stereocenters. The molecule has 0 spiro atoms. The van der Waals surface area contributed by atoms with E-state index in [-0.39, 0.29) is 10.7 Å². The van der Waals surface area contributed by atoms with Crippen LogP contribution in [0.25, 0.3) is 0 Å². The van der Waals surface area contributed by atoms with Gasteiger partial charge in [0.05, 0.1) is 0 Å². The molecule has 6 nitrogen and oxygen atoms in total. The minimum absolute atomic E-state index is 0.196. The predicted molar refractivity (Wildman–Crippen MR) is 86.5 cm³/mol. The number of nitrogens with two attached hydrogens (primary N) is 1. The second kappa shape index (κ2) is 5.87. The Labute approximate surface area is 130 Å². The maximum Gasteiger partial charge on any atom is 0.316 e. The van der Waals surface area contributed by atoms with E-state index in [9.17, 15) is 4.79 Å². The van der Waals surface area contributed by atoms with Gasteiger partial charge in [0.15, 0.2) is 0 Å². The Balaban J connectivity index is 1.72. The van der Waals surface area contributed by atoms with Crippen molar-refractivity contribution in [2.24, 2.45) is 0 Å². The Bertz CT molecular complexity index is 699. The smallest absolute Gasteiger partial charge is 0.316 e. The zero-order valence-corrected chi connectivity index (χ0v) is 12.8. The van der Waals surface area contributed by atoms with E-state index < -0.39 is 0 Å². The van der Waals surface area contributed by atoms with Crippen molar-refractivity contribution in [2.45, 2.75) is 0 Å². The van der Waals surface area contributed by atoms with Crippen molar-refractivity contribution in [2.75, 3.05) is 41.7 Å². The lowest BCUT2D eigenvalue weighted by atomic mass is 10.2. The SMILES string of the molecule is Nc1nc(=O)c(N2CCN(c3cccc(Cl)c3)CC2)ns1. The molecule has 110 valence electrons. The van der Waals surface area contributed by atoms with Gasteiger partial charge >= 0.3 is 5.56 Å². The number of nitrogens with zero attached hydrogens (tertiary/aromatic N) is 4. The summed E-state index contributed by atoms with van der Waals surface area (Å²) in [6.45, 7) is 3.03. The highest BCUT2D eigenvalue weighted by molar-refractivity contribution is 7.09. The number of hydrogen-bond donors (Lipinski definition) is 1. The third kappa shape index (κ3) is 3.08. The summed E-state index contributed by atoms with van der Waals surface area (Å²) < 4.78 is 4.14. The molecule has 1 fully saturated rings. The van der Waals surface area contributed by atoms with Crippen LogP contribution in [0.5, 0.6) is 0 Å². The zero-order chi connectivity index (χ0) is 14.8. The van der Waals surface area contributed by atoms with Gasteiger partial charge in [-0.05, 0) is 18.2 Å². The second-order valence-electron chi connectivity index (χ2n) is 4.72. The van der Waals surface area contributed by atoms with Crippen LogP contribution in [0, 0.1) is 0 Å². The highest BCUT2D eigenvalue weighted by atomic mass is 35.5. The lowest BCUT2D eigenvalue weighted by Gasteiger charge is -2.36. The molecule has 2 heterocycles. The number of hydrogen-bond acceptors (Lipinski definition) is 7. The van der Waals surface area contributed by atoms with E-state index >= 15 is 0 Å². The van der Waals surface area contributed by atoms with Crippen LogP contribution in [0.15, 0.2) is 29.1 Å². The molecule has 0 atom stereocenters. The molecule has 1 aliphatic rings. The van der Waals surface area contributed by atoms with Crippen molar-refractivity contribution >= 4 is 39.8 Å². The van der Waals surface area contributed by atoms with Gasteiger partial charge in [-0.25, -0.2) is 0 Å². The average Bonchev–Trinajstić information content (AvgIpc) is 2.47. The first-order chi connectivity index (χ1) is 10.1. The third-order valence-corrected chi connectivity index (χ3v) is 4.16. The molecule has 1 aromatic heterocycles. The Morgan fingerprint density at radius 2 is 1.90 bits per heavy atom. The van der Waals surface area contributed by atoms with E-state index in [4.69, 9.17) is 17.3 Å². The van der Waals surface area contributed by atoms with Crippen molar-refractivity contribution in [1.29, 1.82) is 0 Å². The summed E-state index contributed by atoms with van der Waals surface area (Å²) in [5.41, 5.74) is 6.21. The number of benzene rings is 1. The normalized spacial score (nSPS) is 15.3. The van der Waals surface area contributed by atoms with E-state index in [1.807, 2.05) is 29.2 Å². The fraction of sp³-hybridized carbons (Fsp3) is 0.308. The highest BCUT2D eigenvalue weighted by Crippen LogP contribution is 2.21. The van der Waals surface area contributed by atoms with E-state index in [1.165, 1.54) is 0 Å². The van der Waals surface area contributed by atoms with Crippen molar-refractivity contribution < 1.29 is 0 Å². The van der Waals surface area contributed by atoms with Gasteiger partial charge in [0.2, 0.25) is 10.9 Å². The molecule has 21 heavy (non-hydrogen) atoms. The molecular formula is C13H14ClN5OS. The summed E-state index contributed by atoms with van der Waals surface area (Å²) in [6, 6.07) is 7.77. The lowest BCUT2D eigenvalue weighted by molar-refractivity contribution is 0.646. The Hall–Kier alpha value is -1.86. The molecule has 8 heteroatoms. The quantitative estimate of drug-likeness (QED) is 0.902. The average molecular weight is 324 g/mol. The largest absolute Gasteiger partial charge is 0.374 e. The number of piperazine rings is 1. The Morgan fingerprint density at radius 1 is 1.19 bits per heavy atom. The van der Waals surface area contributed by atoms with Crippen molar-refractivity contribution in [3.63, 3.8) is 0 Å². The van der Waals surface area contributed by atoms with Crippen molar-refractivity contribution in [3.05, 3.63) is 39.6 Å². The molecule has 0 saturated carbocycles. The summed E-state index contributed by atoms with van der Waals surface area (Å²) in [5.74, 6) is 0.389. The molecule has 1 aliphatic heterocycles. The molecular weight excluding hydrogens is 310 g/mol. The second-order valence-corrected chi connectivity index (χ2v) is 5.94. The summed E-state index contributed by atoms with van der Waals surface area (Å²) in [7, 11) is 0. The minimum Gasteiger partial charge on any atom is -0.374 e. The Kier molecular flexibility index (Phi) is 3.94. The molecule has 1 aromatic carbocycles. The van der Waals surface area contributed by atoms with Gasteiger partial charge in [0.25, 0.3) is 0 Å². The number of aromatic nitrogens is 2. The number of halogens is 1. The van der Waals surface area contributed by atoms with E-state index in [0.29, 0.717) is 18.9 Å². The van der Waals surface area contributed by atoms with E-state index in [2.05, 4.69) is 14.3 Å². The lowest BCUT2D eigenvalue weighted by Crippen LogP contribution is -2.48. The molecule has 2 N–H and O–H groups in total. The van der Waals surface area contributed by atoms with Gasteiger partial charge < -0.3 is 15.5 Å². The summed E-state index contributed by atoms with van der Waals surface area (Å²) in [5, 5.41) is 0.921. The van der Waals surface area contributed by atoms with Gasteiger partial charge in [0.1, 0.15) is 0 Å². The van der Waals surface area contributed by atoms with E-state index in [1.54, 1.807) is 0 Å². The Morgan fingerprint density at radius 3 is 2.57 bits per heavy atom. The highest BCUT2D eigenvalue weighted by Gasteiger charge is 2.21. The standard InChI is InChI=1S/C13H14ClN5OS/c14-9-2-1-3-10(8-9)18-4-6-19(7-5-18)11-12(20)16-13(15)21-17-11/h1-3,8H,4-7H2,(H2,15,16,20). The van der Waals surface area contributed by atoms with Crippen LogP contribution in [0.2, 0.25) is 5.02 Å². The summed E-state index contributed by atoms with van der Waals surface area (Å²) >= 11 is 7.06. The molecule has 1 saturated heterocycles. The van der Waals surface area contributed by atoms with Crippen LogP contribution < -0.4 is 21.1 Å². The van der Waals surface area contributed by atoms with Gasteiger partial charge in [-0.3, -0.25) is 4.79 Å². The van der Waals surface area contributed by atoms with Gasteiger partial charge in [-0.15, -0.1) is 0 Å². The first kappa shape index (κ1) is 14.1.